The summed E-state index contributed by atoms with van der Waals surface area (Å²) in [4.78, 5) is 50.5. The summed E-state index contributed by atoms with van der Waals surface area (Å²) in [5, 5.41) is 8.88. The van der Waals surface area contributed by atoms with Gasteiger partial charge in [-0.2, -0.15) is 0 Å². The predicted molar refractivity (Wildman–Crippen MR) is 102 cm³/mol. The maximum Gasteiger partial charge on any atom is 0.262 e. The number of hydrogen-bond donors (Lipinski definition) is 3. The van der Waals surface area contributed by atoms with E-state index in [1.165, 1.54) is 0 Å². The minimum Gasteiger partial charge on any atom is -0.380 e. The highest BCUT2D eigenvalue weighted by atomic mass is 16.5. The first kappa shape index (κ1) is 19.7. The number of imide groups is 2. The quantitative estimate of drug-likeness (QED) is 0.566. The molecule has 4 rings (SSSR count). The Morgan fingerprint density at radius 2 is 2.03 bits per heavy atom. The molecule has 29 heavy (non-hydrogen) atoms. The van der Waals surface area contributed by atoms with E-state index in [0.29, 0.717) is 36.8 Å². The summed E-state index contributed by atoms with van der Waals surface area (Å²) in [6.45, 7) is 4.23. The second-order valence-electron chi connectivity index (χ2n) is 7.56. The molecule has 2 atom stereocenters. The van der Waals surface area contributed by atoms with Gasteiger partial charge in [0.05, 0.1) is 24.3 Å². The summed E-state index contributed by atoms with van der Waals surface area (Å²) < 4.78 is 5.54. The van der Waals surface area contributed by atoms with E-state index in [1.807, 2.05) is 6.07 Å². The van der Waals surface area contributed by atoms with Gasteiger partial charge in [-0.05, 0) is 18.1 Å². The van der Waals surface area contributed by atoms with Gasteiger partial charge in [-0.3, -0.25) is 29.4 Å². The van der Waals surface area contributed by atoms with Gasteiger partial charge in [-0.1, -0.05) is 12.1 Å². The Balaban J connectivity index is 1.47. The Hall–Kier alpha value is -2.62. The number of amides is 4. The van der Waals surface area contributed by atoms with Gasteiger partial charge in [0, 0.05) is 38.5 Å². The lowest BCUT2D eigenvalue weighted by molar-refractivity contribution is -0.136. The maximum atomic E-state index is 13.0. The lowest BCUT2D eigenvalue weighted by Crippen LogP contribution is -2.54. The first-order valence-corrected chi connectivity index (χ1v) is 9.89. The molecule has 9 nitrogen and oxygen atoms in total. The van der Waals surface area contributed by atoms with Crippen molar-refractivity contribution in [1.82, 2.24) is 20.9 Å². The van der Waals surface area contributed by atoms with Crippen molar-refractivity contribution < 1.29 is 23.9 Å². The van der Waals surface area contributed by atoms with Gasteiger partial charge >= 0.3 is 0 Å². The average Bonchev–Trinajstić information content (AvgIpc) is 2.87. The summed E-state index contributed by atoms with van der Waals surface area (Å²) in [5.41, 5.74) is 1.36. The van der Waals surface area contributed by atoms with Crippen LogP contribution in [0.4, 0.5) is 0 Å². The van der Waals surface area contributed by atoms with Crippen molar-refractivity contribution in [3.8, 4) is 0 Å². The smallest absolute Gasteiger partial charge is 0.262 e. The number of ether oxygens (including phenoxy) is 1. The number of fused-ring (bicyclic) bond motifs is 1. The zero-order valence-electron chi connectivity index (χ0n) is 16.0. The number of carbonyl (C=O) groups excluding carboxylic acids is 4. The SMILES string of the molecule is O=C1CCC(N2C(=O)c3cccc(CNCC4CNCCOC4)c3C2=O)C(=O)N1. The fourth-order valence-corrected chi connectivity index (χ4v) is 4.03. The van der Waals surface area contributed by atoms with Crippen LogP contribution in [0, 0.1) is 5.92 Å². The average molecular weight is 400 g/mol. The highest BCUT2D eigenvalue weighted by Crippen LogP contribution is 2.29. The minimum atomic E-state index is -0.949. The largest absolute Gasteiger partial charge is 0.380 e. The van der Waals surface area contributed by atoms with E-state index in [1.54, 1.807) is 12.1 Å². The van der Waals surface area contributed by atoms with E-state index in [-0.39, 0.29) is 18.7 Å². The lowest BCUT2D eigenvalue weighted by atomic mass is 10.0. The second kappa shape index (κ2) is 8.40. The van der Waals surface area contributed by atoms with Crippen molar-refractivity contribution in [3.63, 3.8) is 0 Å². The molecule has 0 spiro atoms. The summed E-state index contributed by atoms with van der Waals surface area (Å²) in [7, 11) is 0. The minimum absolute atomic E-state index is 0.107. The molecule has 1 aromatic carbocycles. The van der Waals surface area contributed by atoms with Gasteiger partial charge in [0.25, 0.3) is 11.8 Å². The van der Waals surface area contributed by atoms with Crippen molar-refractivity contribution in [2.24, 2.45) is 5.92 Å². The van der Waals surface area contributed by atoms with E-state index in [4.69, 9.17) is 4.74 Å². The van der Waals surface area contributed by atoms with Crippen LogP contribution >= 0.6 is 0 Å². The molecular formula is C20H24N4O5. The Morgan fingerprint density at radius 3 is 2.86 bits per heavy atom. The summed E-state index contributed by atoms with van der Waals surface area (Å²) >= 11 is 0. The summed E-state index contributed by atoms with van der Waals surface area (Å²) in [5.74, 6) is -1.62. The number of nitrogens with one attached hydrogen (secondary N) is 3. The van der Waals surface area contributed by atoms with Gasteiger partial charge in [0.2, 0.25) is 11.8 Å². The number of piperidine rings is 1. The molecule has 0 aliphatic carbocycles. The number of carbonyl (C=O) groups is 4. The van der Waals surface area contributed by atoms with Crippen molar-refractivity contribution in [3.05, 3.63) is 34.9 Å². The van der Waals surface area contributed by atoms with Gasteiger partial charge in [0.1, 0.15) is 6.04 Å². The van der Waals surface area contributed by atoms with Gasteiger partial charge in [-0.15, -0.1) is 0 Å². The van der Waals surface area contributed by atoms with Crippen LogP contribution in [0.3, 0.4) is 0 Å². The third-order valence-electron chi connectivity index (χ3n) is 5.51. The van der Waals surface area contributed by atoms with E-state index < -0.39 is 23.8 Å². The Morgan fingerprint density at radius 1 is 1.17 bits per heavy atom. The van der Waals surface area contributed by atoms with Crippen LogP contribution < -0.4 is 16.0 Å². The topological polar surface area (TPSA) is 117 Å². The van der Waals surface area contributed by atoms with Crippen molar-refractivity contribution in [1.29, 1.82) is 0 Å². The maximum absolute atomic E-state index is 13.0. The van der Waals surface area contributed by atoms with Crippen LogP contribution in [0.1, 0.15) is 39.1 Å². The molecule has 2 unspecified atom stereocenters. The zero-order valence-corrected chi connectivity index (χ0v) is 16.0. The second-order valence-corrected chi connectivity index (χ2v) is 7.56. The Kier molecular flexibility index (Phi) is 5.70. The van der Waals surface area contributed by atoms with Gasteiger partial charge < -0.3 is 15.4 Å². The summed E-state index contributed by atoms with van der Waals surface area (Å²) in [6.07, 6.45) is 0.258. The highest BCUT2D eigenvalue weighted by molar-refractivity contribution is 6.24. The molecule has 2 saturated heterocycles. The number of rotatable bonds is 5. The van der Waals surface area contributed by atoms with Gasteiger partial charge in [-0.25, -0.2) is 0 Å². The number of benzene rings is 1. The number of hydrogen-bond acceptors (Lipinski definition) is 7. The molecule has 154 valence electrons. The monoisotopic (exact) mass is 400 g/mol. The highest BCUT2D eigenvalue weighted by Gasteiger charge is 2.45. The number of nitrogens with zero attached hydrogens (tertiary/aromatic N) is 1. The standard InChI is InChI=1S/C20H24N4O5/c25-16-5-4-15(18(26)23-16)24-19(27)14-3-1-2-13(17(14)20(24)28)10-22-9-12-8-21-6-7-29-11-12/h1-3,12,15,21-22H,4-11H2,(H,23,25,26). The van der Waals surface area contributed by atoms with Crippen LogP contribution in [-0.2, 0) is 20.9 Å². The van der Waals surface area contributed by atoms with Crippen molar-refractivity contribution >= 4 is 23.6 Å². The molecule has 3 N–H and O–H groups in total. The van der Waals surface area contributed by atoms with E-state index in [9.17, 15) is 19.2 Å². The molecule has 2 fully saturated rings. The first-order chi connectivity index (χ1) is 14.1. The Bertz CT molecular complexity index is 847. The molecule has 3 aliphatic heterocycles. The fraction of sp³-hybridized carbons (Fsp3) is 0.500. The van der Waals surface area contributed by atoms with Crippen LogP contribution in [0.5, 0.6) is 0 Å². The van der Waals surface area contributed by atoms with Crippen LogP contribution in [0.2, 0.25) is 0 Å². The first-order valence-electron chi connectivity index (χ1n) is 9.89. The van der Waals surface area contributed by atoms with Crippen molar-refractivity contribution in [2.75, 3.05) is 32.8 Å². The normalized spacial score (nSPS) is 25.0. The fourth-order valence-electron chi connectivity index (χ4n) is 4.03. The van der Waals surface area contributed by atoms with E-state index >= 15 is 0 Å². The Labute approximate surface area is 168 Å². The van der Waals surface area contributed by atoms with Crippen LogP contribution in [0.15, 0.2) is 18.2 Å². The van der Waals surface area contributed by atoms with E-state index in [0.717, 1.165) is 30.1 Å². The molecule has 0 saturated carbocycles. The molecule has 4 amide bonds. The zero-order chi connectivity index (χ0) is 20.4. The molecule has 3 heterocycles. The molecule has 1 aromatic rings. The van der Waals surface area contributed by atoms with E-state index in [2.05, 4.69) is 16.0 Å². The molecule has 3 aliphatic rings. The molecule has 9 heteroatoms. The van der Waals surface area contributed by atoms with Gasteiger partial charge in [0.15, 0.2) is 0 Å². The molecule has 0 aromatic heterocycles. The molecule has 0 bridgehead atoms. The molecule has 0 radical (unpaired) electrons. The summed E-state index contributed by atoms with van der Waals surface area (Å²) in [6, 6.07) is 4.21. The lowest BCUT2D eigenvalue weighted by Gasteiger charge is -2.27. The van der Waals surface area contributed by atoms with Crippen LogP contribution in [-0.4, -0.2) is 67.4 Å². The predicted octanol–water partition coefficient (Wildman–Crippen LogP) is -0.587. The third kappa shape index (κ3) is 3.93. The van der Waals surface area contributed by atoms with Crippen molar-refractivity contribution in [2.45, 2.75) is 25.4 Å². The third-order valence-corrected chi connectivity index (χ3v) is 5.51. The van der Waals surface area contributed by atoms with Crippen LogP contribution in [0.25, 0.3) is 0 Å². The molecular weight excluding hydrogens is 376 g/mol.